The van der Waals surface area contributed by atoms with Gasteiger partial charge in [-0.2, -0.15) is 11.8 Å². The van der Waals surface area contributed by atoms with Crippen molar-refractivity contribution in [1.29, 1.82) is 0 Å². The van der Waals surface area contributed by atoms with Gasteiger partial charge in [0.15, 0.2) is 0 Å². The molecule has 0 saturated carbocycles. The average Bonchev–Trinajstić information content (AvgIpc) is 2.35. The van der Waals surface area contributed by atoms with Gasteiger partial charge in [-0.3, -0.25) is 16.0 Å². The van der Waals surface area contributed by atoms with E-state index in [0.717, 1.165) is 12.2 Å². The highest BCUT2D eigenvalue weighted by Gasteiger charge is 2.19. The summed E-state index contributed by atoms with van der Waals surface area (Å²) in [5.41, 5.74) is 3.13. The topological polar surface area (TPSA) is 93.2 Å². The SMILES string of the molecule is CSCCC(C)Nc1cccc(NN)c1[N+](=O)[O-]. The van der Waals surface area contributed by atoms with Crippen molar-refractivity contribution < 1.29 is 4.92 Å². The third-order valence-corrected chi connectivity index (χ3v) is 3.17. The first-order chi connectivity index (χ1) is 8.60. The summed E-state index contributed by atoms with van der Waals surface area (Å²) in [6.45, 7) is 2.00. The molecule has 1 rings (SSSR count). The minimum absolute atomic E-state index is 0.0176. The second-order valence-corrected chi connectivity index (χ2v) is 4.92. The fourth-order valence-corrected chi connectivity index (χ4v) is 2.19. The molecule has 0 aliphatic carbocycles. The highest BCUT2D eigenvalue weighted by molar-refractivity contribution is 7.98. The van der Waals surface area contributed by atoms with E-state index in [1.54, 1.807) is 30.0 Å². The van der Waals surface area contributed by atoms with E-state index in [0.29, 0.717) is 11.4 Å². The van der Waals surface area contributed by atoms with Crippen molar-refractivity contribution >= 4 is 28.8 Å². The van der Waals surface area contributed by atoms with E-state index in [2.05, 4.69) is 10.7 Å². The third-order valence-electron chi connectivity index (χ3n) is 2.53. The van der Waals surface area contributed by atoms with Crippen LogP contribution in [0, 0.1) is 10.1 Å². The molecule has 0 saturated heterocycles. The van der Waals surface area contributed by atoms with Crippen molar-refractivity contribution in [3.05, 3.63) is 28.3 Å². The number of anilines is 2. The number of nitrogen functional groups attached to an aromatic ring is 1. The van der Waals surface area contributed by atoms with Crippen LogP contribution in [0.1, 0.15) is 13.3 Å². The van der Waals surface area contributed by atoms with E-state index in [-0.39, 0.29) is 11.7 Å². The van der Waals surface area contributed by atoms with Gasteiger partial charge < -0.3 is 10.7 Å². The van der Waals surface area contributed by atoms with Gasteiger partial charge in [-0.25, -0.2) is 0 Å². The lowest BCUT2D eigenvalue weighted by atomic mass is 10.2. The summed E-state index contributed by atoms with van der Waals surface area (Å²) >= 11 is 1.75. The van der Waals surface area contributed by atoms with Gasteiger partial charge in [-0.15, -0.1) is 0 Å². The summed E-state index contributed by atoms with van der Waals surface area (Å²) in [4.78, 5) is 10.6. The van der Waals surface area contributed by atoms with Crippen molar-refractivity contribution in [2.24, 2.45) is 5.84 Å². The van der Waals surface area contributed by atoms with Crippen molar-refractivity contribution in [3.8, 4) is 0 Å². The van der Waals surface area contributed by atoms with Gasteiger partial charge in [0, 0.05) is 6.04 Å². The first kappa shape index (κ1) is 14.6. The number of para-hydroxylation sites is 1. The molecule has 1 aromatic carbocycles. The summed E-state index contributed by atoms with van der Waals surface area (Å²) in [5, 5.41) is 14.2. The van der Waals surface area contributed by atoms with Crippen LogP contribution in [0.2, 0.25) is 0 Å². The van der Waals surface area contributed by atoms with Gasteiger partial charge in [0.05, 0.1) is 4.92 Å². The normalized spacial score (nSPS) is 11.9. The molecule has 0 amide bonds. The van der Waals surface area contributed by atoms with Gasteiger partial charge in [0.1, 0.15) is 11.4 Å². The van der Waals surface area contributed by atoms with Crippen LogP contribution in [-0.2, 0) is 0 Å². The number of nitrogens with one attached hydrogen (secondary N) is 2. The van der Waals surface area contributed by atoms with Crippen molar-refractivity contribution in [2.45, 2.75) is 19.4 Å². The Bertz CT molecular complexity index is 414. The second-order valence-electron chi connectivity index (χ2n) is 3.93. The van der Waals surface area contributed by atoms with Crippen LogP contribution in [0.3, 0.4) is 0 Å². The number of thioether (sulfide) groups is 1. The smallest absolute Gasteiger partial charge is 0.316 e. The van der Waals surface area contributed by atoms with Crippen LogP contribution in [0.5, 0.6) is 0 Å². The molecule has 0 aromatic heterocycles. The Hall–Kier alpha value is -1.47. The molecule has 0 fully saturated rings. The van der Waals surface area contributed by atoms with Crippen LogP contribution < -0.4 is 16.6 Å². The van der Waals surface area contributed by atoms with E-state index in [1.807, 2.05) is 13.2 Å². The maximum atomic E-state index is 11.1. The quantitative estimate of drug-likeness (QED) is 0.400. The number of nitro groups is 1. The number of hydrogen-bond acceptors (Lipinski definition) is 6. The van der Waals surface area contributed by atoms with Crippen LogP contribution in [0.15, 0.2) is 18.2 Å². The Morgan fingerprint density at radius 3 is 2.72 bits per heavy atom. The number of hydrazine groups is 1. The van der Waals surface area contributed by atoms with E-state index in [1.165, 1.54) is 0 Å². The molecular weight excluding hydrogens is 252 g/mol. The van der Waals surface area contributed by atoms with E-state index in [4.69, 9.17) is 5.84 Å². The maximum absolute atomic E-state index is 11.1. The van der Waals surface area contributed by atoms with Gasteiger partial charge in [0.25, 0.3) is 0 Å². The summed E-state index contributed by atoms with van der Waals surface area (Å²) in [5.74, 6) is 6.29. The molecule has 100 valence electrons. The second kappa shape index (κ2) is 7.07. The van der Waals surface area contributed by atoms with E-state index >= 15 is 0 Å². The van der Waals surface area contributed by atoms with E-state index in [9.17, 15) is 10.1 Å². The molecule has 0 aliphatic heterocycles. The lowest BCUT2D eigenvalue weighted by Gasteiger charge is -2.15. The van der Waals surface area contributed by atoms with Crippen molar-refractivity contribution in [1.82, 2.24) is 0 Å². The minimum atomic E-state index is -0.432. The molecule has 0 heterocycles. The molecule has 1 atom stereocenters. The molecular formula is C11H18N4O2S. The maximum Gasteiger partial charge on any atom is 0.316 e. The Labute approximate surface area is 110 Å². The van der Waals surface area contributed by atoms with Crippen LogP contribution >= 0.6 is 11.8 Å². The number of rotatable bonds is 7. The predicted octanol–water partition coefficient (Wildman–Crippen LogP) is 2.43. The molecule has 0 radical (unpaired) electrons. The lowest BCUT2D eigenvalue weighted by molar-refractivity contribution is -0.383. The molecule has 7 heteroatoms. The van der Waals surface area contributed by atoms with Gasteiger partial charge >= 0.3 is 5.69 Å². The average molecular weight is 270 g/mol. The first-order valence-corrected chi connectivity index (χ1v) is 6.99. The Balaban J connectivity index is 2.90. The summed E-state index contributed by atoms with van der Waals surface area (Å²) < 4.78 is 0. The van der Waals surface area contributed by atoms with Crippen LogP contribution in [0.25, 0.3) is 0 Å². The fourth-order valence-electron chi connectivity index (χ4n) is 1.61. The number of benzene rings is 1. The van der Waals surface area contributed by atoms with E-state index < -0.39 is 4.92 Å². The Morgan fingerprint density at radius 1 is 1.50 bits per heavy atom. The minimum Gasteiger partial charge on any atom is -0.377 e. The Morgan fingerprint density at radius 2 is 2.17 bits per heavy atom. The molecule has 4 N–H and O–H groups in total. The zero-order valence-corrected chi connectivity index (χ0v) is 11.3. The number of hydrogen-bond donors (Lipinski definition) is 3. The van der Waals surface area contributed by atoms with Gasteiger partial charge in [-0.1, -0.05) is 6.07 Å². The van der Waals surface area contributed by atoms with Crippen LogP contribution in [-0.4, -0.2) is 23.0 Å². The third kappa shape index (κ3) is 3.78. The molecule has 1 aromatic rings. The fraction of sp³-hybridized carbons (Fsp3) is 0.455. The highest BCUT2D eigenvalue weighted by Crippen LogP contribution is 2.32. The monoisotopic (exact) mass is 270 g/mol. The highest BCUT2D eigenvalue weighted by atomic mass is 32.2. The largest absolute Gasteiger partial charge is 0.377 e. The predicted molar refractivity (Wildman–Crippen MR) is 77.0 cm³/mol. The molecule has 1 unspecified atom stereocenters. The number of nitrogens with zero attached hydrogens (tertiary/aromatic N) is 1. The van der Waals surface area contributed by atoms with Gasteiger partial charge in [0.2, 0.25) is 0 Å². The van der Waals surface area contributed by atoms with Crippen LogP contribution in [0.4, 0.5) is 17.1 Å². The standard InChI is InChI=1S/C11H18N4O2S/c1-8(6-7-18-2)13-9-4-3-5-10(14-12)11(9)15(16)17/h3-5,8,13-14H,6-7,12H2,1-2H3. The summed E-state index contributed by atoms with van der Waals surface area (Å²) in [6.07, 6.45) is 2.98. The Kier molecular flexibility index (Phi) is 5.73. The van der Waals surface area contributed by atoms with Gasteiger partial charge in [-0.05, 0) is 37.5 Å². The summed E-state index contributed by atoms with van der Waals surface area (Å²) in [6, 6.07) is 5.17. The number of nitro benzene ring substituents is 1. The molecule has 6 nitrogen and oxygen atoms in total. The number of nitrogens with two attached hydrogens (primary N) is 1. The van der Waals surface area contributed by atoms with Crippen molar-refractivity contribution in [2.75, 3.05) is 22.8 Å². The molecule has 0 spiro atoms. The summed E-state index contributed by atoms with van der Waals surface area (Å²) in [7, 11) is 0. The van der Waals surface area contributed by atoms with Crippen molar-refractivity contribution in [3.63, 3.8) is 0 Å². The molecule has 0 bridgehead atoms. The zero-order valence-electron chi connectivity index (χ0n) is 10.5. The lowest BCUT2D eigenvalue weighted by Crippen LogP contribution is -2.18. The molecule has 18 heavy (non-hydrogen) atoms. The zero-order chi connectivity index (χ0) is 13.5. The first-order valence-electron chi connectivity index (χ1n) is 5.59. The molecule has 0 aliphatic rings.